The van der Waals surface area contributed by atoms with E-state index in [1.807, 2.05) is 12.3 Å². The highest BCUT2D eigenvalue weighted by Gasteiger charge is 2.23. The number of alkyl halides is 1. The topological polar surface area (TPSA) is 16.1 Å². The first-order valence-corrected chi connectivity index (χ1v) is 7.39. The van der Waals surface area contributed by atoms with Crippen molar-refractivity contribution < 1.29 is 0 Å². The highest BCUT2D eigenvalue weighted by Crippen LogP contribution is 2.30. The molecule has 2 heterocycles. The average molecular weight is 348 g/mol. The molecule has 0 spiro atoms. The summed E-state index contributed by atoms with van der Waals surface area (Å²) in [6.45, 7) is 4.46. The first-order valence-electron chi connectivity index (χ1n) is 5.68. The molecule has 2 nitrogen and oxygen atoms in total. The van der Waals surface area contributed by atoms with Crippen LogP contribution in [0.25, 0.3) is 0 Å². The molecular formula is C12H16Br2N2. The molecule has 0 aliphatic carbocycles. The summed E-state index contributed by atoms with van der Waals surface area (Å²) < 4.78 is 1.10. The van der Waals surface area contributed by atoms with Crippen LogP contribution in [-0.2, 0) is 0 Å². The third-order valence-corrected chi connectivity index (χ3v) is 4.59. The first kappa shape index (κ1) is 12.4. The lowest BCUT2D eigenvalue weighted by molar-refractivity contribution is 0.405. The van der Waals surface area contributed by atoms with Gasteiger partial charge in [-0.25, -0.2) is 4.98 Å². The van der Waals surface area contributed by atoms with Gasteiger partial charge in [-0.15, -0.1) is 0 Å². The minimum Gasteiger partial charge on any atom is -0.356 e. The number of aromatic nitrogens is 1. The Morgan fingerprint density at radius 3 is 2.69 bits per heavy atom. The molecule has 1 saturated heterocycles. The minimum atomic E-state index is 0.627. The van der Waals surface area contributed by atoms with E-state index in [-0.39, 0.29) is 0 Å². The molecule has 0 amide bonds. The molecule has 0 aromatic carbocycles. The third kappa shape index (κ3) is 2.77. The van der Waals surface area contributed by atoms with E-state index in [0.717, 1.165) is 29.3 Å². The number of rotatable bonds is 2. The highest BCUT2D eigenvalue weighted by molar-refractivity contribution is 9.10. The zero-order valence-electron chi connectivity index (χ0n) is 9.37. The molecular weight excluding hydrogens is 332 g/mol. The zero-order valence-corrected chi connectivity index (χ0v) is 12.5. The molecule has 0 radical (unpaired) electrons. The maximum absolute atomic E-state index is 4.44. The fourth-order valence-electron chi connectivity index (χ4n) is 2.18. The van der Waals surface area contributed by atoms with Gasteiger partial charge in [0, 0.05) is 24.1 Å². The molecule has 1 unspecified atom stereocenters. The van der Waals surface area contributed by atoms with E-state index in [1.165, 1.54) is 12.8 Å². The van der Waals surface area contributed by atoms with Gasteiger partial charge in [-0.3, -0.25) is 0 Å². The highest BCUT2D eigenvalue weighted by atomic mass is 79.9. The number of nitrogens with zero attached hydrogens (tertiary/aromatic N) is 2. The van der Waals surface area contributed by atoms with E-state index < -0.39 is 0 Å². The fraction of sp³-hybridized carbons (Fsp3) is 0.583. The van der Waals surface area contributed by atoms with Crippen LogP contribution in [0.4, 0.5) is 5.82 Å². The van der Waals surface area contributed by atoms with Gasteiger partial charge < -0.3 is 4.90 Å². The molecule has 16 heavy (non-hydrogen) atoms. The van der Waals surface area contributed by atoms with Crippen LogP contribution in [0.3, 0.4) is 0 Å². The molecule has 1 atom stereocenters. The van der Waals surface area contributed by atoms with Gasteiger partial charge in [-0.2, -0.15) is 0 Å². The van der Waals surface area contributed by atoms with Crippen LogP contribution in [0.15, 0.2) is 22.8 Å². The second-order valence-corrected chi connectivity index (χ2v) is 6.61. The van der Waals surface area contributed by atoms with Crippen molar-refractivity contribution in [3.8, 4) is 0 Å². The van der Waals surface area contributed by atoms with E-state index in [1.54, 1.807) is 0 Å². The summed E-state index contributed by atoms with van der Waals surface area (Å²) in [5, 5.41) is 0. The number of anilines is 1. The van der Waals surface area contributed by atoms with Crippen molar-refractivity contribution in [2.24, 2.45) is 5.92 Å². The summed E-state index contributed by atoms with van der Waals surface area (Å²) in [6.07, 6.45) is 4.35. The normalized spacial score (nSPS) is 19.8. The molecule has 4 heteroatoms. The van der Waals surface area contributed by atoms with E-state index in [0.29, 0.717) is 4.83 Å². The van der Waals surface area contributed by atoms with Gasteiger partial charge >= 0.3 is 0 Å². The fourth-order valence-corrected chi connectivity index (χ4v) is 3.22. The summed E-state index contributed by atoms with van der Waals surface area (Å²) in [5.74, 6) is 1.89. The van der Waals surface area contributed by atoms with Crippen LogP contribution in [0.1, 0.15) is 19.8 Å². The summed E-state index contributed by atoms with van der Waals surface area (Å²) in [7, 11) is 0. The number of halogens is 2. The average Bonchev–Trinajstić information content (AvgIpc) is 2.30. The first-order chi connectivity index (χ1) is 7.68. The predicted molar refractivity (Wildman–Crippen MR) is 75.3 cm³/mol. The standard InChI is InChI=1S/C12H16Br2N2/c1-9(13)10-4-7-16(8-5-10)12-11(14)3-2-6-15-12/h2-3,6,9-10H,4-5,7-8H2,1H3. The molecule has 88 valence electrons. The van der Waals surface area contributed by atoms with Crippen molar-refractivity contribution in [1.29, 1.82) is 0 Å². The summed E-state index contributed by atoms with van der Waals surface area (Å²) >= 11 is 7.25. The number of piperidine rings is 1. The second kappa shape index (κ2) is 5.50. The van der Waals surface area contributed by atoms with Gasteiger partial charge in [-0.05, 0) is 46.8 Å². The Balaban J connectivity index is 2.02. The van der Waals surface area contributed by atoms with Crippen LogP contribution in [0.2, 0.25) is 0 Å². The lowest BCUT2D eigenvalue weighted by atomic mass is 9.94. The summed E-state index contributed by atoms with van der Waals surface area (Å²) in [4.78, 5) is 7.44. The van der Waals surface area contributed by atoms with E-state index >= 15 is 0 Å². The van der Waals surface area contributed by atoms with Crippen LogP contribution in [-0.4, -0.2) is 22.9 Å². The maximum Gasteiger partial charge on any atom is 0.142 e. The molecule has 1 aliphatic heterocycles. The number of hydrogen-bond donors (Lipinski definition) is 0. The Morgan fingerprint density at radius 1 is 1.44 bits per heavy atom. The van der Waals surface area contributed by atoms with Gasteiger partial charge in [0.05, 0.1) is 4.47 Å². The Labute approximate surface area is 114 Å². The number of pyridine rings is 1. The van der Waals surface area contributed by atoms with Crippen LogP contribution < -0.4 is 4.90 Å². The SMILES string of the molecule is CC(Br)C1CCN(c2ncccc2Br)CC1. The summed E-state index contributed by atoms with van der Waals surface area (Å²) in [6, 6.07) is 4.02. The molecule has 2 rings (SSSR count). The molecule has 1 fully saturated rings. The van der Waals surface area contributed by atoms with Crippen LogP contribution in [0.5, 0.6) is 0 Å². The lowest BCUT2D eigenvalue weighted by Gasteiger charge is -2.34. The van der Waals surface area contributed by atoms with Crippen molar-refractivity contribution >= 4 is 37.7 Å². The molecule has 1 aromatic heterocycles. The van der Waals surface area contributed by atoms with Crippen LogP contribution in [0, 0.1) is 5.92 Å². The van der Waals surface area contributed by atoms with Crippen molar-refractivity contribution in [2.75, 3.05) is 18.0 Å². The third-order valence-electron chi connectivity index (χ3n) is 3.23. The predicted octanol–water partition coefficient (Wildman–Crippen LogP) is 3.84. The maximum atomic E-state index is 4.44. The monoisotopic (exact) mass is 346 g/mol. The molecule has 1 aromatic rings. The van der Waals surface area contributed by atoms with Gasteiger partial charge in [0.25, 0.3) is 0 Å². The van der Waals surface area contributed by atoms with E-state index in [2.05, 4.69) is 54.7 Å². The number of hydrogen-bond acceptors (Lipinski definition) is 2. The minimum absolute atomic E-state index is 0.627. The van der Waals surface area contributed by atoms with Gasteiger partial charge in [0.15, 0.2) is 0 Å². The lowest BCUT2D eigenvalue weighted by Crippen LogP contribution is -2.36. The largest absolute Gasteiger partial charge is 0.356 e. The summed E-state index contributed by atoms with van der Waals surface area (Å²) in [5.41, 5.74) is 0. The van der Waals surface area contributed by atoms with Gasteiger partial charge in [0.2, 0.25) is 0 Å². The second-order valence-electron chi connectivity index (χ2n) is 4.31. The Hall–Kier alpha value is -0.0900. The zero-order chi connectivity index (χ0) is 11.5. The van der Waals surface area contributed by atoms with E-state index in [9.17, 15) is 0 Å². The molecule has 0 bridgehead atoms. The van der Waals surface area contributed by atoms with Crippen molar-refractivity contribution in [2.45, 2.75) is 24.6 Å². The smallest absolute Gasteiger partial charge is 0.142 e. The molecule has 1 aliphatic rings. The Kier molecular flexibility index (Phi) is 4.25. The van der Waals surface area contributed by atoms with Crippen molar-refractivity contribution in [1.82, 2.24) is 4.98 Å². The van der Waals surface area contributed by atoms with Crippen molar-refractivity contribution in [3.63, 3.8) is 0 Å². The molecule has 0 saturated carbocycles. The van der Waals surface area contributed by atoms with Gasteiger partial charge in [0.1, 0.15) is 5.82 Å². The van der Waals surface area contributed by atoms with Crippen LogP contribution >= 0.6 is 31.9 Å². The van der Waals surface area contributed by atoms with E-state index in [4.69, 9.17) is 0 Å². The Bertz CT molecular complexity index is 347. The van der Waals surface area contributed by atoms with Gasteiger partial charge in [-0.1, -0.05) is 22.9 Å². The Morgan fingerprint density at radius 2 is 2.12 bits per heavy atom. The quantitative estimate of drug-likeness (QED) is 0.755. The molecule has 0 N–H and O–H groups in total. The van der Waals surface area contributed by atoms with Crippen molar-refractivity contribution in [3.05, 3.63) is 22.8 Å².